The molecule has 1 N–H and O–H groups in total. The monoisotopic (exact) mass is 365 g/mol. The van der Waals surface area contributed by atoms with Crippen molar-refractivity contribution in [3.8, 4) is 0 Å². The molecule has 2 bridgehead atoms. The number of carbonyl (C=O) groups excluding carboxylic acids is 1. The standard InChI is InChI=1S/C24H31NO2/c1-16(2)24(15-26)11-12-25(21-6-4-3-5-20(21)24)22(27)23-10-9-17-7-8-18(13-23)19(17)14-23/h3-6,9,16,18-19,26H,7-8,10-15H2,1-2H3. The summed E-state index contributed by atoms with van der Waals surface area (Å²) >= 11 is 0. The Morgan fingerprint density at radius 3 is 2.89 bits per heavy atom. The average Bonchev–Trinajstić information content (AvgIpc) is 3.20. The predicted molar refractivity (Wildman–Crippen MR) is 108 cm³/mol. The lowest BCUT2D eigenvalue weighted by molar-refractivity contribution is -0.128. The number of hydrogen-bond acceptors (Lipinski definition) is 2. The van der Waals surface area contributed by atoms with Crippen LogP contribution < -0.4 is 4.90 Å². The molecule has 1 aromatic rings. The number of aliphatic hydroxyl groups excluding tert-OH is 1. The number of carbonyl (C=O) groups is 1. The number of fused-ring (bicyclic) bond motifs is 2. The lowest BCUT2D eigenvalue weighted by Crippen LogP contribution is -2.51. The minimum atomic E-state index is -0.239. The van der Waals surface area contributed by atoms with E-state index in [-0.39, 0.29) is 17.4 Å². The Hall–Kier alpha value is -1.61. The Balaban J connectivity index is 1.53. The van der Waals surface area contributed by atoms with Gasteiger partial charge in [-0.05, 0) is 67.9 Å². The molecule has 4 aliphatic rings. The van der Waals surface area contributed by atoms with Crippen molar-refractivity contribution in [3.05, 3.63) is 41.5 Å². The Morgan fingerprint density at radius 2 is 2.11 bits per heavy atom. The van der Waals surface area contributed by atoms with Gasteiger partial charge in [0.1, 0.15) is 0 Å². The van der Waals surface area contributed by atoms with Crippen molar-refractivity contribution >= 4 is 11.6 Å². The van der Waals surface area contributed by atoms with Crippen LogP contribution >= 0.6 is 0 Å². The molecule has 1 aliphatic heterocycles. The van der Waals surface area contributed by atoms with Gasteiger partial charge in [0.25, 0.3) is 0 Å². The Labute approximate surface area is 162 Å². The molecule has 0 saturated heterocycles. The molecular weight excluding hydrogens is 334 g/mol. The molecule has 1 heterocycles. The van der Waals surface area contributed by atoms with Crippen molar-refractivity contribution in [1.82, 2.24) is 0 Å². The number of benzene rings is 1. The lowest BCUT2D eigenvalue weighted by Gasteiger charge is -2.47. The van der Waals surface area contributed by atoms with E-state index in [1.54, 1.807) is 5.57 Å². The first kappa shape index (κ1) is 17.5. The Kier molecular flexibility index (Phi) is 3.85. The third-order valence-corrected chi connectivity index (χ3v) is 8.47. The fraction of sp³-hybridized carbons (Fsp3) is 0.625. The maximum atomic E-state index is 13.9. The van der Waals surface area contributed by atoms with Crippen molar-refractivity contribution in [2.45, 2.75) is 57.8 Å². The average molecular weight is 366 g/mol. The fourth-order valence-electron chi connectivity index (χ4n) is 6.74. The van der Waals surface area contributed by atoms with Gasteiger partial charge in [-0.25, -0.2) is 0 Å². The zero-order valence-corrected chi connectivity index (χ0v) is 16.6. The highest BCUT2D eigenvalue weighted by atomic mass is 16.3. The topological polar surface area (TPSA) is 40.5 Å². The van der Waals surface area contributed by atoms with E-state index in [9.17, 15) is 9.90 Å². The summed E-state index contributed by atoms with van der Waals surface area (Å²) in [7, 11) is 0. The van der Waals surface area contributed by atoms with E-state index in [2.05, 4.69) is 37.0 Å². The fourth-order valence-corrected chi connectivity index (χ4v) is 6.74. The van der Waals surface area contributed by atoms with Crippen LogP contribution in [0.1, 0.15) is 57.9 Å². The molecule has 2 saturated carbocycles. The molecule has 4 unspecified atom stereocenters. The molecule has 0 radical (unpaired) electrons. The molecule has 0 aromatic heterocycles. The van der Waals surface area contributed by atoms with E-state index >= 15 is 0 Å². The summed E-state index contributed by atoms with van der Waals surface area (Å²) in [5.74, 6) is 2.09. The first-order chi connectivity index (χ1) is 13.0. The second-order valence-electron chi connectivity index (χ2n) is 9.77. The summed E-state index contributed by atoms with van der Waals surface area (Å²) in [5, 5.41) is 10.3. The second kappa shape index (κ2) is 5.94. The Morgan fingerprint density at radius 1 is 1.30 bits per heavy atom. The van der Waals surface area contributed by atoms with Gasteiger partial charge in [-0.15, -0.1) is 0 Å². The molecule has 27 heavy (non-hydrogen) atoms. The molecule has 144 valence electrons. The highest BCUT2D eigenvalue weighted by Crippen LogP contribution is 2.61. The summed E-state index contributed by atoms with van der Waals surface area (Å²) in [6, 6.07) is 8.31. The summed E-state index contributed by atoms with van der Waals surface area (Å²) in [5.41, 5.74) is 3.42. The quantitative estimate of drug-likeness (QED) is 0.804. The number of nitrogens with zero attached hydrogens (tertiary/aromatic N) is 1. The van der Waals surface area contributed by atoms with Gasteiger partial charge >= 0.3 is 0 Å². The molecule has 4 atom stereocenters. The molecule has 3 aliphatic carbocycles. The maximum absolute atomic E-state index is 13.9. The summed E-state index contributed by atoms with van der Waals surface area (Å²) in [6.45, 7) is 5.25. The van der Waals surface area contributed by atoms with Crippen LogP contribution in [0.15, 0.2) is 35.9 Å². The summed E-state index contributed by atoms with van der Waals surface area (Å²) in [6.07, 6.45) is 8.86. The van der Waals surface area contributed by atoms with E-state index < -0.39 is 0 Å². The second-order valence-corrected chi connectivity index (χ2v) is 9.77. The van der Waals surface area contributed by atoms with Crippen molar-refractivity contribution in [1.29, 1.82) is 0 Å². The van der Waals surface area contributed by atoms with Crippen LogP contribution in [-0.2, 0) is 10.2 Å². The van der Waals surface area contributed by atoms with Crippen LogP contribution in [-0.4, -0.2) is 24.2 Å². The van der Waals surface area contributed by atoms with E-state index in [1.807, 2.05) is 12.1 Å². The van der Waals surface area contributed by atoms with E-state index in [1.165, 1.54) is 12.8 Å². The summed E-state index contributed by atoms with van der Waals surface area (Å²) < 4.78 is 0. The van der Waals surface area contributed by atoms with Gasteiger partial charge in [0.15, 0.2) is 0 Å². The molecule has 1 amide bonds. The van der Waals surface area contributed by atoms with Crippen molar-refractivity contribution in [2.75, 3.05) is 18.1 Å². The highest BCUT2D eigenvalue weighted by molar-refractivity contribution is 5.99. The molecule has 5 rings (SSSR count). The minimum absolute atomic E-state index is 0.144. The van der Waals surface area contributed by atoms with Crippen molar-refractivity contribution < 1.29 is 9.90 Å². The zero-order chi connectivity index (χ0) is 18.8. The molecule has 1 aromatic carbocycles. The number of rotatable bonds is 3. The number of aliphatic hydroxyl groups is 1. The largest absolute Gasteiger partial charge is 0.395 e. The summed E-state index contributed by atoms with van der Waals surface area (Å²) in [4.78, 5) is 16.0. The van der Waals surface area contributed by atoms with Gasteiger partial charge < -0.3 is 10.0 Å². The van der Waals surface area contributed by atoms with Crippen LogP contribution in [0.3, 0.4) is 0 Å². The number of para-hydroxylation sites is 1. The van der Waals surface area contributed by atoms with Gasteiger partial charge in [-0.3, -0.25) is 4.79 Å². The van der Waals surface area contributed by atoms with E-state index in [0.29, 0.717) is 17.7 Å². The van der Waals surface area contributed by atoms with Crippen LogP contribution in [0, 0.1) is 23.2 Å². The molecule has 2 fully saturated rings. The van der Waals surface area contributed by atoms with Crippen LogP contribution in [0.2, 0.25) is 0 Å². The maximum Gasteiger partial charge on any atom is 0.233 e. The van der Waals surface area contributed by atoms with Gasteiger partial charge in [0.05, 0.1) is 12.0 Å². The Bertz CT molecular complexity index is 812. The van der Waals surface area contributed by atoms with Gasteiger partial charge in [-0.1, -0.05) is 43.7 Å². The van der Waals surface area contributed by atoms with Gasteiger partial charge in [0, 0.05) is 17.6 Å². The number of hydrogen-bond donors (Lipinski definition) is 1. The highest BCUT2D eigenvalue weighted by Gasteiger charge is 2.56. The third-order valence-electron chi connectivity index (χ3n) is 8.47. The molecule has 3 nitrogen and oxygen atoms in total. The number of anilines is 1. The van der Waals surface area contributed by atoms with Crippen LogP contribution in [0.4, 0.5) is 5.69 Å². The lowest BCUT2D eigenvalue weighted by atomic mass is 9.66. The van der Waals surface area contributed by atoms with Gasteiger partial charge in [0.2, 0.25) is 5.91 Å². The molecule has 3 heteroatoms. The van der Waals surface area contributed by atoms with Gasteiger partial charge in [-0.2, -0.15) is 0 Å². The zero-order valence-electron chi connectivity index (χ0n) is 16.6. The first-order valence-corrected chi connectivity index (χ1v) is 10.7. The van der Waals surface area contributed by atoms with E-state index in [4.69, 9.17) is 0 Å². The van der Waals surface area contributed by atoms with Crippen molar-refractivity contribution in [2.24, 2.45) is 23.2 Å². The van der Waals surface area contributed by atoms with Crippen LogP contribution in [0.25, 0.3) is 0 Å². The normalized spacial score (nSPS) is 36.7. The first-order valence-electron chi connectivity index (χ1n) is 10.7. The predicted octanol–water partition coefficient (Wildman–Crippen LogP) is 4.45. The molecular formula is C24H31NO2. The van der Waals surface area contributed by atoms with Crippen molar-refractivity contribution in [3.63, 3.8) is 0 Å². The van der Waals surface area contributed by atoms with E-state index in [0.717, 1.165) is 49.4 Å². The molecule has 0 spiro atoms. The minimum Gasteiger partial charge on any atom is -0.395 e. The number of amides is 1. The smallest absolute Gasteiger partial charge is 0.233 e. The third kappa shape index (κ3) is 2.27. The SMILES string of the molecule is CC(C)C1(CO)CCN(C(=O)C23CC=C4CCC(C2)C4C3)c2ccccc21. The van der Waals surface area contributed by atoms with Crippen LogP contribution in [0.5, 0.6) is 0 Å². The number of allylic oxidation sites excluding steroid dienone is 2.